The number of hydrogen-bond acceptors (Lipinski definition) is 3. The van der Waals surface area contributed by atoms with Gasteiger partial charge in [-0.1, -0.05) is 26.0 Å². The van der Waals surface area contributed by atoms with E-state index in [1.807, 2.05) is 12.1 Å². The van der Waals surface area contributed by atoms with Gasteiger partial charge >= 0.3 is 0 Å². The predicted octanol–water partition coefficient (Wildman–Crippen LogP) is 3.41. The highest BCUT2D eigenvalue weighted by molar-refractivity contribution is 5.28. The van der Waals surface area contributed by atoms with E-state index in [0.717, 1.165) is 31.9 Å². The van der Waals surface area contributed by atoms with Crippen LogP contribution in [0, 0.1) is 5.92 Å². The van der Waals surface area contributed by atoms with Gasteiger partial charge in [0, 0.05) is 19.2 Å². The first-order chi connectivity index (χ1) is 9.13. The van der Waals surface area contributed by atoms with Crippen LogP contribution in [0.5, 0.6) is 5.75 Å². The third-order valence-electron chi connectivity index (χ3n) is 3.15. The number of hydrogen-bond donors (Lipinski definition) is 1. The molecule has 0 aromatic heterocycles. The second kappa shape index (κ2) is 8.94. The fraction of sp³-hybridized carbons (Fsp3) is 0.625. The fourth-order valence-corrected chi connectivity index (χ4v) is 1.78. The van der Waals surface area contributed by atoms with E-state index in [-0.39, 0.29) is 0 Å². The summed E-state index contributed by atoms with van der Waals surface area (Å²) < 4.78 is 10.7. The van der Waals surface area contributed by atoms with Gasteiger partial charge in [-0.15, -0.1) is 0 Å². The molecule has 0 aliphatic heterocycles. The summed E-state index contributed by atoms with van der Waals surface area (Å²) >= 11 is 0. The number of benzene rings is 1. The van der Waals surface area contributed by atoms with Crippen molar-refractivity contribution >= 4 is 0 Å². The maximum atomic E-state index is 5.58. The van der Waals surface area contributed by atoms with Crippen molar-refractivity contribution < 1.29 is 9.47 Å². The van der Waals surface area contributed by atoms with Crippen LogP contribution in [-0.2, 0) is 4.74 Å². The first-order valence-electron chi connectivity index (χ1n) is 7.08. The molecule has 1 rings (SSSR count). The Balaban J connectivity index is 2.17. The SMILES string of the molecule is COc1ccc([C@@H](C)NCCOCCC(C)C)cc1. The zero-order chi connectivity index (χ0) is 14.1. The summed E-state index contributed by atoms with van der Waals surface area (Å²) in [6.45, 7) is 9.10. The Morgan fingerprint density at radius 1 is 1.05 bits per heavy atom. The summed E-state index contributed by atoms with van der Waals surface area (Å²) in [4.78, 5) is 0. The average molecular weight is 265 g/mol. The standard InChI is InChI=1S/C16H27NO2/c1-13(2)9-11-19-12-10-17-14(3)15-5-7-16(18-4)8-6-15/h5-8,13-14,17H,9-12H2,1-4H3/t14-/m1/s1. The first-order valence-corrected chi connectivity index (χ1v) is 7.08. The molecule has 0 saturated heterocycles. The van der Waals surface area contributed by atoms with E-state index in [4.69, 9.17) is 9.47 Å². The molecule has 0 aliphatic carbocycles. The van der Waals surface area contributed by atoms with Crippen LogP contribution in [0.4, 0.5) is 0 Å². The molecule has 0 amide bonds. The van der Waals surface area contributed by atoms with Gasteiger partial charge in [-0.3, -0.25) is 0 Å². The van der Waals surface area contributed by atoms with E-state index < -0.39 is 0 Å². The zero-order valence-electron chi connectivity index (χ0n) is 12.6. The van der Waals surface area contributed by atoms with Crippen LogP contribution in [0.25, 0.3) is 0 Å². The molecule has 0 saturated carbocycles. The molecule has 1 aromatic carbocycles. The molecule has 108 valence electrons. The van der Waals surface area contributed by atoms with Gasteiger partial charge in [0.1, 0.15) is 5.75 Å². The largest absolute Gasteiger partial charge is 0.497 e. The predicted molar refractivity (Wildman–Crippen MR) is 79.7 cm³/mol. The van der Waals surface area contributed by atoms with E-state index in [1.54, 1.807) is 7.11 Å². The van der Waals surface area contributed by atoms with E-state index in [2.05, 4.69) is 38.2 Å². The van der Waals surface area contributed by atoms with Crippen LogP contribution in [0.2, 0.25) is 0 Å². The molecule has 0 radical (unpaired) electrons. The summed E-state index contributed by atoms with van der Waals surface area (Å²) in [7, 11) is 1.69. The second-order valence-corrected chi connectivity index (χ2v) is 5.24. The van der Waals surface area contributed by atoms with E-state index in [1.165, 1.54) is 5.56 Å². The molecule has 1 N–H and O–H groups in total. The Labute approximate surface area is 117 Å². The maximum Gasteiger partial charge on any atom is 0.118 e. The van der Waals surface area contributed by atoms with E-state index in [9.17, 15) is 0 Å². The number of methoxy groups -OCH3 is 1. The van der Waals surface area contributed by atoms with Gasteiger partial charge in [-0.05, 0) is 37.0 Å². The van der Waals surface area contributed by atoms with Gasteiger partial charge in [-0.25, -0.2) is 0 Å². The van der Waals surface area contributed by atoms with Crippen molar-refractivity contribution in [3.8, 4) is 5.75 Å². The van der Waals surface area contributed by atoms with Gasteiger partial charge in [0.05, 0.1) is 13.7 Å². The molecule has 0 fully saturated rings. The molecule has 3 nitrogen and oxygen atoms in total. The molecule has 0 unspecified atom stereocenters. The van der Waals surface area contributed by atoms with Crippen LogP contribution in [-0.4, -0.2) is 26.9 Å². The van der Waals surface area contributed by atoms with Crippen LogP contribution in [0.3, 0.4) is 0 Å². The summed E-state index contributed by atoms with van der Waals surface area (Å²) in [6.07, 6.45) is 1.13. The smallest absolute Gasteiger partial charge is 0.118 e. The first kappa shape index (κ1) is 16.0. The lowest BCUT2D eigenvalue weighted by molar-refractivity contribution is 0.123. The van der Waals surface area contributed by atoms with Crippen molar-refractivity contribution in [2.75, 3.05) is 26.9 Å². The zero-order valence-corrected chi connectivity index (χ0v) is 12.6. The van der Waals surface area contributed by atoms with Gasteiger partial charge in [-0.2, -0.15) is 0 Å². The van der Waals surface area contributed by atoms with Gasteiger partial charge in [0.2, 0.25) is 0 Å². The van der Waals surface area contributed by atoms with Gasteiger partial charge < -0.3 is 14.8 Å². The minimum absolute atomic E-state index is 0.333. The van der Waals surface area contributed by atoms with Crippen molar-refractivity contribution in [3.63, 3.8) is 0 Å². The van der Waals surface area contributed by atoms with Gasteiger partial charge in [0.15, 0.2) is 0 Å². The number of ether oxygens (including phenoxy) is 2. The van der Waals surface area contributed by atoms with Crippen molar-refractivity contribution in [1.29, 1.82) is 0 Å². The molecule has 0 aliphatic rings. The molecule has 0 spiro atoms. The minimum atomic E-state index is 0.333. The lowest BCUT2D eigenvalue weighted by Crippen LogP contribution is -2.23. The lowest BCUT2D eigenvalue weighted by Gasteiger charge is -2.15. The summed E-state index contributed by atoms with van der Waals surface area (Å²) in [5.74, 6) is 1.61. The summed E-state index contributed by atoms with van der Waals surface area (Å²) in [5.41, 5.74) is 1.27. The minimum Gasteiger partial charge on any atom is -0.497 e. The fourth-order valence-electron chi connectivity index (χ4n) is 1.78. The monoisotopic (exact) mass is 265 g/mol. The van der Waals surface area contributed by atoms with Crippen LogP contribution >= 0.6 is 0 Å². The topological polar surface area (TPSA) is 30.5 Å². The molecule has 1 atom stereocenters. The van der Waals surface area contributed by atoms with Crippen LogP contribution in [0.15, 0.2) is 24.3 Å². The highest BCUT2D eigenvalue weighted by Gasteiger charge is 2.04. The molecule has 0 heterocycles. The van der Waals surface area contributed by atoms with Gasteiger partial charge in [0.25, 0.3) is 0 Å². The quantitative estimate of drug-likeness (QED) is 0.694. The van der Waals surface area contributed by atoms with Crippen LogP contribution < -0.4 is 10.1 Å². The van der Waals surface area contributed by atoms with Crippen molar-refractivity contribution in [2.24, 2.45) is 5.92 Å². The Bertz CT molecular complexity index is 335. The highest BCUT2D eigenvalue weighted by Crippen LogP contribution is 2.16. The van der Waals surface area contributed by atoms with Crippen molar-refractivity contribution in [2.45, 2.75) is 33.2 Å². The Morgan fingerprint density at radius 3 is 2.32 bits per heavy atom. The Morgan fingerprint density at radius 2 is 1.74 bits per heavy atom. The third kappa shape index (κ3) is 6.60. The maximum absolute atomic E-state index is 5.58. The average Bonchev–Trinajstić information content (AvgIpc) is 2.42. The number of nitrogens with one attached hydrogen (secondary N) is 1. The molecule has 1 aromatic rings. The second-order valence-electron chi connectivity index (χ2n) is 5.24. The summed E-state index contributed by atoms with van der Waals surface area (Å²) in [6, 6.07) is 8.51. The Hall–Kier alpha value is -1.06. The van der Waals surface area contributed by atoms with E-state index in [0.29, 0.717) is 12.0 Å². The molecule has 3 heteroatoms. The molecular formula is C16H27NO2. The Kier molecular flexibility index (Phi) is 7.53. The third-order valence-corrected chi connectivity index (χ3v) is 3.15. The lowest BCUT2D eigenvalue weighted by atomic mass is 10.1. The number of rotatable bonds is 9. The van der Waals surface area contributed by atoms with Crippen LogP contribution in [0.1, 0.15) is 38.8 Å². The van der Waals surface area contributed by atoms with E-state index >= 15 is 0 Å². The molecule has 19 heavy (non-hydrogen) atoms. The highest BCUT2D eigenvalue weighted by atomic mass is 16.5. The van der Waals surface area contributed by atoms with Crippen molar-refractivity contribution in [3.05, 3.63) is 29.8 Å². The molecular weight excluding hydrogens is 238 g/mol. The van der Waals surface area contributed by atoms with Crippen molar-refractivity contribution in [1.82, 2.24) is 5.32 Å². The normalized spacial score (nSPS) is 12.7. The molecule has 0 bridgehead atoms. The summed E-state index contributed by atoms with van der Waals surface area (Å²) in [5, 5.41) is 3.46.